The molecule has 0 unspecified atom stereocenters. The molecular formula is C22H31NOSe. The van der Waals surface area contributed by atoms with Gasteiger partial charge in [0.25, 0.3) is 0 Å². The molecule has 1 fully saturated rings. The first-order valence-corrected chi connectivity index (χ1v) is 11.6. The molecule has 1 aromatic carbocycles. The quantitative estimate of drug-likeness (QED) is 0.358. The van der Waals surface area contributed by atoms with Crippen molar-refractivity contribution in [3.63, 3.8) is 0 Å². The van der Waals surface area contributed by atoms with Gasteiger partial charge < -0.3 is 0 Å². The zero-order chi connectivity index (χ0) is 17.9. The summed E-state index contributed by atoms with van der Waals surface area (Å²) in [5.41, 5.74) is 1.34. The summed E-state index contributed by atoms with van der Waals surface area (Å²) in [4.78, 5) is 14.2. The van der Waals surface area contributed by atoms with Gasteiger partial charge in [0.1, 0.15) is 0 Å². The van der Waals surface area contributed by atoms with Crippen molar-refractivity contribution in [2.45, 2.75) is 51.3 Å². The van der Waals surface area contributed by atoms with Crippen LogP contribution in [0.15, 0.2) is 54.1 Å². The first kappa shape index (κ1) is 20.0. The number of carbonyl (C=O) groups is 1. The Morgan fingerprint density at radius 1 is 1.08 bits per heavy atom. The van der Waals surface area contributed by atoms with Crippen molar-refractivity contribution >= 4 is 25.3 Å². The molecule has 136 valence electrons. The molecular weight excluding hydrogens is 373 g/mol. The predicted octanol–water partition coefficient (Wildman–Crippen LogP) is 4.37. The van der Waals surface area contributed by atoms with E-state index in [0.717, 1.165) is 18.4 Å². The molecule has 0 bridgehead atoms. The average molecular weight is 404 g/mol. The zero-order valence-corrected chi connectivity index (χ0v) is 17.3. The van der Waals surface area contributed by atoms with Gasteiger partial charge in [-0.2, -0.15) is 0 Å². The van der Waals surface area contributed by atoms with Crippen molar-refractivity contribution in [3.05, 3.63) is 54.1 Å². The topological polar surface area (TPSA) is 20.3 Å². The maximum absolute atomic E-state index is 12.3. The van der Waals surface area contributed by atoms with Crippen molar-refractivity contribution in [2.24, 2.45) is 5.92 Å². The molecule has 0 aromatic heterocycles. The number of likely N-dealkylation sites (N-methyl/N-ethyl adjacent to an activating group) is 1. The van der Waals surface area contributed by atoms with E-state index in [0.29, 0.717) is 20.9 Å². The second kappa shape index (κ2) is 11.3. The van der Waals surface area contributed by atoms with Crippen molar-refractivity contribution in [3.8, 4) is 0 Å². The number of hydrogen-bond acceptors (Lipinski definition) is 1. The molecule has 1 aliphatic rings. The number of allylic oxidation sites excluding steroid dienone is 3. The van der Waals surface area contributed by atoms with Gasteiger partial charge >= 0.3 is 159 Å². The Hall–Kier alpha value is -1.31. The SMILES string of the molecule is CCN(CC)C(=O)/C=C\C(=C/C1CCCCC1)C[Se]c1ccccc1. The van der Waals surface area contributed by atoms with Gasteiger partial charge in [0.05, 0.1) is 0 Å². The fourth-order valence-electron chi connectivity index (χ4n) is 3.26. The molecule has 0 N–H and O–H groups in total. The van der Waals surface area contributed by atoms with Crippen LogP contribution in [-0.4, -0.2) is 38.9 Å². The van der Waals surface area contributed by atoms with E-state index in [4.69, 9.17) is 0 Å². The van der Waals surface area contributed by atoms with E-state index >= 15 is 0 Å². The number of amides is 1. The van der Waals surface area contributed by atoms with Crippen LogP contribution in [0, 0.1) is 5.92 Å². The number of rotatable bonds is 8. The maximum atomic E-state index is 12.3. The summed E-state index contributed by atoms with van der Waals surface area (Å²) in [6.07, 6.45) is 13.0. The molecule has 2 rings (SSSR count). The fourth-order valence-corrected chi connectivity index (χ4v) is 5.09. The molecule has 0 spiro atoms. The number of nitrogens with zero attached hydrogens (tertiary/aromatic N) is 1. The monoisotopic (exact) mass is 405 g/mol. The molecule has 0 aliphatic heterocycles. The van der Waals surface area contributed by atoms with E-state index in [1.807, 2.05) is 18.7 Å². The zero-order valence-electron chi connectivity index (χ0n) is 15.6. The Labute approximate surface area is 159 Å². The first-order chi connectivity index (χ1) is 12.2. The predicted molar refractivity (Wildman–Crippen MR) is 108 cm³/mol. The molecule has 1 aliphatic carbocycles. The first-order valence-electron chi connectivity index (χ1n) is 9.58. The summed E-state index contributed by atoms with van der Waals surface area (Å²) in [6.45, 7) is 5.61. The third-order valence-electron chi connectivity index (χ3n) is 4.76. The molecule has 1 amide bonds. The minimum absolute atomic E-state index is 0.131. The summed E-state index contributed by atoms with van der Waals surface area (Å²) < 4.78 is 1.42. The number of benzene rings is 1. The minimum atomic E-state index is 0.131. The average Bonchev–Trinajstić information content (AvgIpc) is 2.66. The molecule has 0 heterocycles. The van der Waals surface area contributed by atoms with E-state index in [1.54, 1.807) is 6.08 Å². The van der Waals surface area contributed by atoms with E-state index < -0.39 is 0 Å². The molecule has 3 heteroatoms. The van der Waals surface area contributed by atoms with Gasteiger partial charge in [-0.3, -0.25) is 0 Å². The standard InChI is InChI=1S/C22H31NOSe/c1-3-23(4-2)22(24)16-15-20(17-19-11-7-5-8-12-19)18-25-21-13-9-6-10-14-21/h6,9-10,13-17,19H,3-5,7-8,11-12,18H2,1-2H3/b16-15-,20-17+. The van der Waals surface area contributed by atoms with Crippen molar-refractivity contribution < 1.29 is 4.79 Å². The normalized spacial score (nSPS) is 16.3. The van der Waals surface area contributed by atoms with E-state index in [2.05, 4.69) is 42.5 Å². The van der Waals surface area contributed by atoms with Gasteiger partial charge in [-0.05, 0) is 0 Å². The Morgan fingerprint density at radius 2 is 1.76 bits per heavy atom. The van der Waals surface area contributed by atoms with Gasteiger partial charge in [0.2, 0.25) is 0 Å². The molecule has 25 heavy (non-hydrogen) atoms. The van der Waals surface area contributed by atoms with Crippen LogP contribution in [0.2, 0.25) is 5.32 Å². The number of hydrogen-bond donors (Lipinski definition) is 0. The van der Waals surface area contributed by atoms with Crippen molar-refractivity contribution in [1.82, 2.24) is 4.90 Å². The summed E-state index contributed by atoms with van der Waals surface area (Å²) in [6, 6.07) is 10.7. The van der Waals surface area contributed by atoms with Crippen LogP contribution < -0.4 is 4.46 Å². The Bertz CT molecular complexity index is 569. The van der Waals surface area contributed by atoms with Crippen LogP contribution in [-0.2, 0) is 4.79 Å². The van der Waals surface area contributed by atoms with Crippen LogP contribution >= 0.6 is 0 Å². The van der Waals surface area contributed by atoms with Gasteiger partial charge in [-0.1, -0.05) is 0 Å². The number of carbonyl (C=O) groups excluding carboxylic acids is 1. The summed E-state index contributed by atoms with van der Waals surface area (Å²) in [5.74, 6) is 0.829. The summed E-state index contributed by atoms with van der Waals surface area (Å²) >= 11 is 0.421. The van der Waals surface area contributed by atoms with E-state index in [-0.39, 0.29) is 5.91 Å². The van der Waals surface area contributed by atoms with Gasteiger partial charge in [-0.15, -0.1) is 0 Å². The summed E-state index contributed by atoms with van der Waals surface area (Å²) in [7, 11) is 0. The molecule has 0 radical (unpaired) electrons. The summed E-state index contributed by atoms with van der Waals surface area (Å²) in [5, 5.41) is 1.07. The molecule has 0 atom stereocenters. The molecule has 0 saturated heterocycles. The second-order valence-corrected chi connectivity index (χ2v) is 8.79. The van der Waals surface area contributed by atoms with E-state index in [1.165, 1.54) is 42.1 Å². The van der Waals surface area contributed by atoms with Crippen LogP contribution in [0.4, 0.5) is 0 Å². The van der Waals surface area contributed by atoms with Gasteiger partial charge in [0, 0.05) is 0 Å². The van der Waals surface area contributed by atoms with Gasteiger partial charge in [-0.25, -0.2) is 0 Å². The van der Waals surface area contributed by atoms with Gasteiger partial charge in [0.15, 0.2) is 0 Å². The van der Waals surface area contributed by atoms with Crippen LogP contribution in [0.1, 0.15) is 46.0 Å². The van der Waals surface area contributed by atoms with Crippen LogP contribution in [0.5, 0.6) is 0 Å². The molecule has 1 aromatic rings. The van der Waals surface area contributed by atoms with E-state index in [9.17, 15) is 4.79 Å². The van der Waals surface area contributed by atoms with Crippen molar-refractivity contribution in [1.29, 1.82) is 0 Å². The Kier molecular flexibility index (Phi) is 9.07. The van der Waals surface area contributed by atoms with Crippen molar-refractivity contribution in [2.75, 3.05) is 13.1 Å². The second-order valence-electron chi connectivity index (χ2n) is 6.59. The molecule has 2 nitrogen and oxygen atoms in total. The third-order valence-corrected chi connectivity index (χ3v) is 7.04. The fraction of sp³-hybridized carbons (Fsp3) is 0.500. The van der Waals surface area contributed by atoms with Crippen LogP contribution in [0.25, 0.3) is 0 Å². The molecule has 1 saturated carbocycles. The van der Waals surface area contributed by atoms with Crippen LogP contribution in [0.3, 0.4) is 0 Å². The Balaban J connectivity index is 2.05. The Morgan fingerprint density at radius 3 is 2.40 bits per heavy atom. The third kappa shape index (κ3) is 7.22.